The summed E-state index contributed by atoms with van der Waals surface area (Å²) in [5.74, 6) is -0.714. The molecular formula is C20H21F3N4O4. The van der Waals surface area contributed by atoms with E-state index >= 15 is 0 Å². The van der Waals surface area contributed by atoms with Crippen LogP contribution in [0.25, 0.3) is 0 Å². The highest BCUT2D eigenvalue weighted by atomic mass is 19.4. The van der Waals surface area contributed by atoms with E-state index in [0.717, 1.165) is 18.3 Å². The summed E-state index contributed by atoms with van der Waals surface area (Å²) in [4.78, 5) is 28.3. The van der Waals surface area contributed by atoms with Crippen molar-refractivity contribution in [2.45, 2.75) is 44.4 Å². The van der Waals surface area contributed by atoms with Crippen LogP contribution in [0.5, 0.6) is 0 Å². The van der Waals surface area contributed by atoms with Gasteiger partial charge in [0.05, 0.1) is 22.8 Å². The first kappa shape index (κ1) is 22.5. The number of hydrogen-bond donors (Lipinski definition) is 1. The third-order valence-corrected chi connectivity index (χ3v) is 5.38. The van der Waals surface area contributed by atoms with E-state index in [4.69, 9.17) is 10.5 Å². The first-order valence-corrected chi connectivity index (χ1v) is 9.59. The van der Waals surface area contributed by atoms with Gasteiger partial charge >= 0.3 is 12.3 Å². The minimum absolute atomic E-state index is 0.0570. The third kappa shape index (κ3) is 4.18. The fraction of sp³-hybridized carbons (Fsp3) is 0.400. The second-order valence-corrected chi connectivity index (χ2v) is 7.22. The summed E-state index contributed by atoms with van der Waals surface area (Å²) in [5.41, 5.74) is 4.86. The van der Waals surface area contributed by atoms with Gasteiger partial charge in [0.25, 0.3) is 5.69 Å². The summed E-state index contributed by atoms with van der Waals surface area (Å²) in [6.07, 6.45) is -3.97. The predicted molar refractivity (Wildman–Crippen MR) is 106 cm³/mol. The van der Waals surface area contributed by atoms with Crippen molar-refractivity contribution in [1.29, 1.82) is 0 Å². The van der Waals surface area contributed by atoms with Gasteiger partial charge in [0, 0.05) is 17.7 Å². The van der Waals surface area contributed by atoms with Crippen LogP contribution in [0.1, 0.15) is 49.4 Å². The Bertz CT molecular complexity index is 997. The smallest absolute Gasteiger partial charge is 0.416 e. The summed E-state index contributed by atoms with van der Waals surface area (Å²) in [7, 11) is 0. The molecule has 0 unspecified atom stereocenters. The van der Waals surface area contributed by atoms with E-state index in [-0.39, 0.29) is 36.4 Å². The van der Waals surface area contributed by atoms with E-state index in [1.54, 1.807) is 13.8 Å². The Labute approximate surface area is 176 Å². The van der Waals surface area contributed by atoms with E-state index in [1.165, 1.54) is 23.1 Å². The van der Waals surface area contributed by atoms with Gasteiger partial charge in [-0.2, -0.15) is 13.2 Å². The molecule has 3 rings (SSSR count). The number of halogens is 3. The molecule has 2 aromatic rings. The highest BCUT2D eigenvalue weighted by Crippen LogP contribution is 2.47. The molecule has 1 amide bonds. The first-order chi connectivity index (χ1) is 14.5. The number of fused-ring (bicyclic) bond motifs is 1. The maximum Gasteiger partial charge on any atom is 0.416 e. The molecule has 0 bridgehead atoms. The molecule has 0 aliphatic carbocycles. The fourth-order valence-electron chi connectivity index (χ4n) is 3.75. The average Bonchev–Trinajstić information content (AvgIpc) is 2.72. The number of ether oxygens (including phenoxy) is 1. The number of carbonyl (C=O) groups excluding carboxylic acids is 1. The van der Waals surface area contributed by atoms with Gasteiger partial charge in [0.2, 0.25) is 0 Å². The van der Waals surface area contributed by atoms with Crippen LogP contribution in [-0.4, -0.2) is 28.3 Å². The van der Waals surface area contributed by atoms with Crippen molar-refractivity contribution in [3.8, 4) is 0 Å². The monoisotopic (exact) mass is 438 g/mol. The maximum atomic E-state index is 13.4. The summed E-state index contributed by atoms with van der Waals surface area (Å²) < 4.78 is 45.3. The van der Waals surface area contributed by atoms with E-state index in [1.807, 2.05) is 0 Å². The lowest BCUT2D eigenvalue weighted by Crippen LogP contribution is -2.61. The van der Waals surface area contributed by atoms with Crippen molar-refractivity contribution < 1.29 is 27.6 Å². The summed E-state index contributed by atoms with van der Waals surface area (Å²) in [6.45, 7) is 3.43. The Balaban J connectivity index is 2.21. The zero-order valence-corrected chi connectivity index (χ0v) is 16.8. The molecule has 8 nitrogen and oxygen atoms in total. The summed E-state index contributed by atoms with van der Waals surface area (Å²) >= 11 is 0. The van der Waals surface area contributed by atoms with E-state index in [2.05, 4.69) is 4.98 Å². The van der Waals surface area contributed by atoms with Crippen LogP contribution in [0.15, 0.2) is 36.5 Å². The molecule has 0 radical (unpaired) electrons. The molecule has 1 aromatic heterocycles. The zero-order valence-electron chi connectivity index (χ0n) is 16.8. The number of carbonyl (C=O) groups is 1. The number of benzene rings is 1. The minimum Gasteiger partial charge on any atom is -0.449 e. The predicted octanol–water partition coefficient (Wildman–Crippen LogP) is 4.57. The molecule has 1 aliphatic rings. The van der Waals surface area contributed by atoms with Crippen LogP contribution in [0, 0.1) is 10.1 Å². The number of rotatable bonds is 4. The number of nitrogens with zero attached hydrogens (tertiary/aromatic N) is 3. The Morgan fingerprint density at radius 1 is 1.35 bits per heavy atom. The van der Waals surface area contributed by atoms with Gasteiger partial charge < -0.3 is 10.5 Å². The molecule has 0 saturated carbocycles. The van der Waals surface area contributed by atoms with Crippen molar-refractivity contribution in [1.82, 2.24) is 4.98 Å². The average molecular weight is 438 g/mol. The number of hydrogen-bond acceptors (Lipinski definition) is 6. The Kier molecular flexibility index (Phi) is 5.90. The molecule has 31 heavy (non-hydrogen) atoms. The fourth-order valence-corrected chi connectivity index (χ4v) is 3.75. The van der Waals surface area contributed by atoms with Crippen molar-refractivity contribution in [3.63, 3.8) is 0 Å². The Morgan fingerprint density at radius 3 is 2.58 bits per heavy atom. The van der Waals surface area contributed by atoms with Gasteiger partial charge in [-0.15, -0.1) is 0 Å². The molecule has 2 N–H and O–H groups in total. The van der Waals surface area contributed by atoms with Gasteiger partial charge in [-0.05, 0) is 49.6 Å². The van der Waals surface area contributed by atoms with Gasteiger partial charge in [-0.3, -0.25) is 20.0 Å². The van der Waals surface area contributed by atoms with Crippen molar-refractivity contribution in [2.24, 2.45) is 5.73 Å². The van der Waals surface area contributed by atoms with E-state index < -0.39 is 34.3 Å². The lowest BCUT2D eigenvalue weighted by Gasteiger charge is -2.47. The van der Waals surface area contributed by atoms with E-state index in [0.29, 0.717) is 5.69 Å². The van der Waals surface area contributed by atoms with Gasteiger partial charge in [0.15, 0.2) is 0 Å². The molecule has 166 valence electrons. The van der Waals surface area contributed by atoms with Crippen LogP contribution >= 0.6 is 0 Å². The molecule has 2 atom stereocenters. The number of pyridine rings is 1. The second-order valence-electron chi connectivity index (χ2n) is 7.22. The number of nitrogens with two attached hydrogens (primary N) is 1. The first-order valence-electron chi connectivity index (χ1n) is 9.59. The lowest BCUT2D eigenvalue weighted by molar-refractivity contribution is -0.385. The highest BCUT2D eigenvalue weighted by molar-refractivity contribution is 5.91. The normalized spacial score (nSPS) is 20.8. The molecular weight excluding hydrogens is 417 g/mol. The zero-order chi connectivity index (χ0) is 23.0. The number of anilines is 1. The lowest BCUT2D eigenvalue weighted by atomic mass is 9.78. The van der Waals surface area contributed by atoms with Crippen LogP contribution in [0.4, 0.5) is 29.3 Å². The number of aromatic nitrogens is 1. The van der Waals surface area contributed by atoms with Gasteiger partial charge in [-0.25, -0.2) is 4.79 Å². The summed E-state index contributed by atoms with van der Waals surface area (Å²) in [6, 6.07) is 5.67. The molecule has 0 spiro atoms. The number of nitro groups is 1. The highest BCUT2D eigenvalue weighted by Gasteiger charge is 2.46. The largest absolute Gasteiger partial charge is 0.449 e. The van der Waals surface area contributed by atoms with Crippen LogP contribution < -0.4 is 10.6 Å². The molecule has 1 aromatic carbocycles. The quantitative estimate of drug-likeness (QED) is 0.553. The van der Waals surface area contributed by atoms with Crippen LogP contribution in [0.3, 0.4) is 0 Å². The standard InChI is InChI=1S/C20H21F3N4O4/c1-3-19(24)10-15(16-7-6-13(11-25-16)27(29)30)14-9-12(20(21,22)23)5-8-17(14)26(19)18(28)31-4-2/h5-9,11,15H,3-4,10,24H2,1-2H3/t15-,19+/m0/s1. The summed E-state index contributed by atoms with van der Waals surface area (Å²) in [5, 5.41) is 10.9. The second kappa shape index (κ2) is 8.14. The molecule has 2 heterocycles. The van der Waals surface area contributed by atoms with Crippen LogP contribution in [0.2, 0.25) is 0 Å². The van der Waals surface area contributed by atoms with Gasteiger partial charge in [-0.1, -0.05) is 6.92 Å². The number of alkyl halides is 3. The van der Waals surface area contributed by atoms with Crippen molar-refractivity contribution in [2.75, 3.05) is 11.5 Å². The Morgan fingerprint density at radius 2 is 2.06 bits per heavy atom. The topological polar surface area (TPSA) is 112 Å². The molecule has 11 heteroatoms. The number of amides is 1. The van der Waals surface area contributed by atoms with Crippen LogP contribution in [-0.2, 0) is 10.9 Å². The van der Waals surface area contributed by atoms with Gasteiger partial charge in [0.1, 0.15) is 11.9 Å². The van der Waals surface area contributed by atoms with Crippen molar-refractivity contribution >= 4 is 17.5 Å². The molecule has 0 saturated heterocycles. The molecule has 0 fully saturated rings. The maximum absolute atomic E-state index is 13.4. The van der Waals surface area contributed by atoms with E-state index in [9.17, 15) is 28.1 Å². The minimum atomic E-state index is -4.60. The molecule has 1 aliphatic heterocycles. The van der Waals surface area contributed by atoms with Crippen molar-refractivity contribution in [3.05, 3.63) is 63.5 Å². The third-order valence-electron chi connectivity index (χ3n) is 5.38. The Hall–Kier alpha value is -3.21. The SMILES string of the molecule is CCOC(=O)N1c2ccc(C(F)(F)F)cc2[C@@H](c2ccc([N+](=O)[O-])cn2)C[C@@]1(N)CC.